The number of ether oxygens (including phenoxy) is 1. The number of carboxylic acids is 1. The molecule has 0 amide bonds. The third kappa shape index (κ3) is 4.10. The van der Waals surface area contributed by atoms with Gasteiger partial charge < -0.3 is 14.3 Å². The predicted molar refractivity (Wildman–Crippen MR) is 116 cm³/mol. The van der Waals surface area contributed by atoms with Gasteiger partial charge in [0.15, 0.2) is 0 Å². The third-order valence-electron chi connectivity index (χ3n) is 4.73. The van der Waals surface area contributed by atoms with Crippen molar-refractivity contribution in [1.82, 2.24) is 0 Å². The quantitative estimate of drug-likeness (QED) is 0.465. The standard InChI is InChI=1S/C25H21NO4/c1-3-29-20-12-13-23-21(14-20)22(26-19-10-8-18(9-11-19)25(27)28)15-24(30-23)17-6-4-16(2)5-7-17/h4-15H,3H2,1-2H3,(H,27,28). The molecule has 4 rings (SSSR count). The average Bonchev–Trinajstić information content (AvgIpc) is 2.75. The van der Waals surface area contributed by atoms with Crippen molar-refractivity contribution in [2.24, 2.45) is 4.99 Å². The minimum Gasteiger partial charge on any atom is -0.494 e. The first-order valence-electron chi connectivity index (χ1n) is 9.69. The fraction of sp³-hybridized carbons (Fsp3) is 0.120. The van der Waals surface area contributed by atoms with Crippen LogP contribution in [0.5, 0.6) is 5.75 Å². The minimum atomic E-state index is -0.964. The monoisotopic (exact) mass is 399 g/mol. The highest BCUT2D eigenvalue weighted by molar-refractivity contribution is 5.88. The van der Waals surface area contributed by atoms with E-state index in [1.165, 1.54) is 5.56 Å². The van der Waals surface area contributed by atoms with E-state index in [4.69, 9.17) is 19.3 Å². The van der Waals surface area contributed by atoms with Gasteiger partial charge in [0, 0.05) is 17.0 Å². The highest BCUT2D eigenvalue weighted by atomic mass is 16.5. The smallest absolute Gasteiger partial charge is 0.335 e. The molecule has 0 saturated heterocycles. The van der Waals surface area contributed by atoms with Crippen LogP contribution in [0.4, 0.5) is 5.69 Å². The van der Waals surface area contributed by atoms with E-state index in [2.05, 4.69) is 0 Å². The summed E-state index contributed by atoms with van der Waals surface area (Å²) >= 11 is 0. The van der Waals surface area contributed by atoms with Crippen LogP contribution in [-0.4, -0.2) is 17.7 Å². The molecule has 5 nitrogen and oxygen atoms in total. The summed E-state index contributed by atoms with van der Waals surface area (Å²) < 4.78 is 11.8. The molecule has 4 aromatic rings. The number of rotatable bonds is 5. The van der Waals surface area contributed by atoms with Gasteiger partial charge in [0.1, 0.15) is 17.1 Å². The zero-order chi connectivity index (χ0) is 21.1. The van der Waals surface area contributed by atoms with Gasteiger partial charge >= 0.3 is 5.97 Å². The van der Waals surface area contributed by atoms with Crippen molar-refractivity contribution in [1.29, 1.82) is 0 Å². The number of benzene rings is 3. The predicted octanol–water partition coefficient (Wildman–Crippen LogP) is 5.74. The maximum atomic E-state index is 11.1. The van der Waals surface area contributed by atoms with E-state index in [1.807, 2.05) is 62.4 Å². The molecule has 0 aliphatic rings. The van der Waals surface area contributed by atoms with Crippen molar-refractivity contribution in [3.05, 3.63) is 89.3 Å². The van der Waals surface area contributed by atoms with Crippen LogP contribution in [0.2, 0.25) is 0 Å². The molecule has 0 aliphatic carbocycles. The molecule has 1 heterocycles. The van der Waals surface area contributed by atoms with Gasteiger partial charge in [-0.3, -0.25) is 0 Å². The van der Waals surface area contributed by atoms with E-state index >= 15 is 0 Å². The zero-order valence-corrected chi connectivity index (χ0v) is 16.8. The summed E-state index contributed by atoms with van der Waals surface area (Å²) in [7, 11) is 0. The first-order valence-corrected chi connectivity index (χ1v) is 9.69. The maximum Gasteiger partial charge on any atom is 0.335 e. The van der Waals surface area contributed by atoms with E-state index in [1.54, 1.807) is 24.3 Å². The van der Waals surface area contributed by atoms with E-state index < -0.39 is 5.97 Å². The van der Waals surface area contributed by atoms with E-state index in [0.717, 1.165) is 22.1 Å². The van der Waals surface area contributed by atoms with Crippen molar-refractivity contribution in [3.63, 3.8) is 0 Å². The number of fused-ring (bicyclic) bond motifs is 1. The third-order valence-corrected chi connectivity index (χ3v) is 4.73. The van der Waals surface area contributed by atoms with Gasteiger partial charge in [-0.05, 0) is 56.3 Å². The summed E-state index contributed by atoms with van der Waals surface area (Å²) in [5.74, 6) is 0.474. The number of hydrogen-bond donors (Lipinski definition) is 1. The lowest BCUT2D eigenvalue weighted by molar-refractivity contribution is 0.0697. The van der Waals surface area contributed by atoms with Crippen LogP contribution in [0, 0.1) is 6.92 Å². The Hall–Kier alpha value is -3.86. The topological polar surface area (TPSA) is 72.0 Å². The van der Waals surface area contributed by atoms with Gasteiger partial charge in [0.25, 0.3) is 0 Å². The summed E-state index contributed by atoms with van der Waals surface area (Å²) in [6.07, 6.45) is 0. The molecule has 0 unspecified atom stereocenters. The molecule has 0 spiro atoms. The fourth-order valence-electron chi connectivity index (χ4n) is 3.17. The lowest BCUT2D eigenvalue weighted by atomic mass is 10.1. The SMILES string of the molecule is CCOc1ccc2oc(-c3ccc(C)cc3)cc(=Nc3ccc(C(=O)O)cc3)c2c1. The van der Waals surface area contributed by atoms with Crippen LogP contribution in [-0.2, 0) is 0 Å². The number of carbonyl (C=O) groups is 1. The highest BCUT2D eigenvalue weighted by Gasteiger charge is 2.08. The molecule has 5 heteroatoms. The number of hydrogen-bond acceptors (Lipinski definition) is 4. The molecule has 0 radical (unpaired) electrons. The summed E-state index contributed by atoms with van der Waals surface area (Å²) in [5.41, 5.74) is 3.70. The van der Waals surface area contributed by atoms with Crippen molar-refractivity contribution in [3.8, 4) is 17.1 Å². The average molecular weight is 399 g/mol. The summed E-state index contributed by atoms with van der Waals surface area (Å²) in [4.78, 5) is 15.9. The number of aryl methyl sites for hydroxylation is 1. The summed E-state index contributed by atoms with van der Waals surface area (Å²) in [6, 6.07) is 22.1. The summed E-state index contributed by atoms with van der Waals surface area (Å²) in [6.45, 7) is 4.54. The van der Waals surface area contributed by atoms with Crippen LogP contribution >= 0.6 is 0 Å². The molecular formula is C25H21NO4. The lowest BCUT2D eigenvalue weighted by Crippen LogP contribution is -2.04. The normalized spacial score (nSPS) is 11.6. The fourth-order valence-corrected chi connectivity index (χ4v) is 3.17. The van der Waals surface area contributed by atoms with Gasteiger partial charge in [-0.2, -0.15) is 0 Å². The molecule has 1 N–H and O–H groups in total. The molecular weight excluding hydrogens is 378 g/mol. The van der Waals surface area contributed by atoms with Crippen LogP contribution < -0.4 is 10.1 Å². The Morgan fingerprint density at radius 2 is 1.73 bits per heavy atom. The highest BCUT2D eigenvalue weighted by Crippen LogP contribution is 2.26. The maximum absolute atomic E-state index is 11.1. The molecule has 3 aromatic carbocycles. The summed E-state index contributed by atoms with van der Waals surface area (Å²) in [5, 5.41) is 10.7. The Morgan fingerprint density at radius 1 is 1.00 bits per heavy atom. The number of carboxylic acid groups (broad SMARTS) is 1. The Kier molecular flexibility index (Phi) is 5.35. The minimum absolute atomic E-state index is 0.223. The van der Waals surface area contributed by atoms with Gasteiger partial charge in [0.2, 0.25) is 0 Å². The van der Waals surface area contributed by atoms with Gasteiger partial charge in [-0.15, -0.1) is 0 Å². The second-order valence-electron chi connectivity index (χ2n) is 6.92. The first-order chi connectivity index (χ1) is 14.5. The number of aromatic carboxylic acids is 1. The molecule has 0 atom stereocenters. The van der Waals surface area contributed by atoms with E-state index in [-0.39, 0.29) is 5.56 Å². The second kappa shape index (κ2) is 8.25. The van der Waals surface area contributed by atoms with Gasteiger partial charge in [-0.25, -0.2) is 9.79 Å². The van der Waals surface area contributed by atoms with E-state index in [9.17, 15) is 4.79 Å². The Morgan fingerprint density at radius 3 is 2.40 bits per heavy atom. The molecule has 0 bridgehead atoms. The van der Waals surface area contributed by atoms with Crippen molar-refractivity contribution >= 4 is 22.6 Å². The van der Waals surface area contributed by atoms with Crippen LogP contribution in [0.3, 0.4) is 0 Å². The second-order valence-corrected chi connectivity index (χ2v) is 6.92. The van der Waals surface area contributed by atoms with Crippen molar-refractivity contribution < 1.29 is 19.1 Å². The van der Waals surface area contributed by atoms with Crippen LogP contribution in [0.15, 0.2) is 82.2 Å². The molecule has 0 fully saturated rings. The largest absolute Gasteiger partial charge is 0.494 e. The molecule has 0 aliphatic heterocycles. The Bertz CT molecular complexity index is 1270. The van der Waals surface area contributed by atoms with E-state index in [0.29, 0.717) is 23.6 Å². The lowest BCUT2D eigenvalue weighted by Gasteiger charge is -2.08. The Labute approximate surface area is 173 Å². The zero-order valence-electron chi connectivity index (χ0n) is 16.8. The molecule has 1 aromatic heterocycles. The van der Waals surface area contributed by atoms with Gasteiger partial charge in [-0.1, -0.05) is 29.8 Å². The molecule has 0 saturated carbocycles. The van der Waals surface area contributed by atoms with Crippen LogP contribution in [0.1, 0.15) is 22.8 Å². The first kappa shape index (κ1) is 19.5. The number of nitrogens with zero attached hydrogens (tertiary/aromatic N) is 1. The Balaban J connectivity index is 1.92. The molecule has 30 heavy (non-hydrogen) atoms. The molecule has 150 valence electrons. The van der Waals surface area contributed by atoms with Crippen LogP contribution in [0.25, 0.3) is 22.3 Å². The van der Waals surface area contributed by atoms with Crippen molar-refractivity contribution in [2.75, 3.05) is 6.61 Å². The van der Waals surface area contributed by atoms with Crippen molar-refractivity contribution in [2.45, 2.75) is 13.8 Å². The van der Waals surface area contributed by atoms with Gasteiger partial charge in [0.05, 0.1) is 23.2 Å².